The summed E-state index contributed by atoms with van der Waals surface area (Å²) in [6.07, 6.45) is 7.49. The number of nitrogens with zero attached hydrogens (tertiary/aromatic N) is 1. The molecule has 0 fully saturated rings. The molecule has 1 aromatic heterocycles. The molecule has 2 bridgehead atoms. The van der Waals surface area contributed by atoms with Crippen LogP contribution in [0.2, 0.25) is 5.02 Å². The molecule has 0 aliphatic heterocycles. The van der Waals surface area contributed by atoms with Crippen molar-refractivity contribution in [1.82, 2.24) is 4.98 Å². The van der Waals surface area contributed by atoms with E-state index in [2.05, 4.69) is 24.1 Å². The Kier molecular flexibility index (Phi) is 4.87. The summed E-state index contributed by atoms with van der Waals surface area (Å²) in [4.78, 5) is 20.0. The number of phenolic OH excluding ortho intramolecular Hbond substituents is 1. The Bertz CT molecular complexity index is 1130. The van der Waals surface area contributed by atoms with E-state index >= 15 is 0 Å². The number of hydrogen-bond acceptors (Lipinski definition) is 4. The first-order chi connectivity index (χ1) is 13.9. The number of pyridine rings is 1. The van der Waals surface area contributed by atoms with Crippen molar-refractivity contribution in [1.29, 1.82) is 0 Å². The zero-order valence-corrected chi connectivity index (χ0v) is 17.4. The van der Waals surface area contributed by atoms with Crippen LogP contribution < -0.4 is 10.3 Å². The predicted molar refractivity (Wildman–Crippen MR) is 115 cm³/mol. The molecule has 0 spiro atoms. The summed E-state index contributed by atoms with van der Waals surface area (Å²) in [5.74, 6) is 0.476. The van der Waals surface area contributed by atoms with Crippen molar-refractivity contribution < 1.29 is 9.84 Å². The summed E-state index contributed by atoms with van der Waals surface area (Å²) in [5.41, 5.74) is 4.12. The Hall–Kier alpha value is -2.79. The zero-order chi connectivity index (χ0) is 20.8. The molecule has 0 saturated heterocycles. The Morgan fingerprint density at radius 2 is 2.17 bits per heavy atom. The highest BCUT2D eigenvalue weighted by Crippen LogP contribution is 2.52. The molecule has 0 radical (unpaired) electrons. The molecular weight excluding hydrogens is 388 g/mol. The SMILES string of the molecule is C/C=C1\C2C=C(C)CC1(/N=C/c1cc(Cl)cc(OC)c1O)c1ccc(=O)[nH]c1C2. The molecular formula is C23H23ClN2O3. The fourth-order valence-corrected chi connectivity index (χ4v) is 4.90. The third-order valence-corrected chi connectivity index (χ3v) is 6.01. The third kappa shape index (κ3) is 3.19. The number of hydrogen-bond donors (Lipinski definition) is 2. The van der Waals surface area contributed by atoms with Gasteiger partial charge in [0, 0.05) is 52.5 Å². The number of aromatic nitrogens is 1. The van der Waals surface area contributed by atoms with Gasteiger partial charge in [-0.3, -0.25) is 9.79 Å². The van der Waals surface area contributed by atoms with Crippen molar-refractivity contribution in [2.45, 2.75) is 32.2 Å². The van der Waals surface area contributed by atoms with Gasteiger partial charge in [-0.1, -0.05) is 29.3 Å². The van der Waals surface area contributed by atoms with Crippen LogP contribution in [-0.2, 0) is 12.0 Å². The van der Waals surface area contributed by atoms with E-state index in [1.807, 2.05) is 13.0 Å². The molecule has 2 unspecified atom stereocenters. The van der Waals surface area contributed by atoms with Crippen LogP contribution in [0.1, 0.15) is 37.1 Å². The molecule has 150 valence electrons. The molecule has 2 aliphatic rings. The minimum absolute atomic E-state index is 0.00352. The van der Waals surface area contributed by atoms with Crippen molar-refractivity contribution in [2.24, 2.45) is 10.9 Å². The van der Waals surface area contributed by atoms with Crippen LogP contribution in [0.4, 0.5) is 0 Å². The Labute approximate surface area is 174 Å². The van der Waals surface area contributed by atoms with Gasteiger partial charge in [0.25, 0.3) is 0 Å². The van der Waals surface area contributed by atoms with E-state index < -0.39 is 5.54 Å². The zero-order valence-electron chi connectivity index (χ0n) is 16.6. The Morgan fingerprint density at radius 1 is 1.38 bits per heavy atom. The van der Waals surface area contributed by atoms with E-state index in [-0.39, 0.29) is 17.2 Å². The molecule has 2 atom stereocenters. The molecule has 5 nitrogen and oxygen atoms in total. The molecule has 1 aromatic carbocycles. The van der Waals surface area contributed by atoms with Crippen LogP contribution in [0, 0.1) is 5.92 Å². The number of phenols is 1. The maximum Gasteiger partial charge on any atom is 0.248 e. The van der Waals surface area contributed by atoms with Gasteiger partial charge in [0.2, 0.25) is 5.56 Å². The first-order valence-corrected chi connectivity index (χ1v) is 9.94. The Balaban J connectivity index is 1.92. The summed E-state index contributed by atoms with van der Waals surface area (Å²) in [7, 11) is 1.48. The summed E-state index contributed by atoms with van der Waals surface area (Å²) in [6.45, 7) is 4.14. The van der Waals surface area contributed by atoms with Gasteiger partial charge in [0.05, 0.1) is 7.11 Å². The standard InChI is InChI=1S/C23H23ClN2O3/c1-4-17-14-7-13(2)11-23(17,18-5-6-21(27)26-19(18)9-14)25-12-15-8-16(24)10-20(29-3)22(15)28/h4-8,10,12,14,28H,9,11H2,1-3H3,(H,26,27)/b17-4+,25-12+. The van der Waals surface area contributed by atoms with Gasteiger partial charge in [-0.25, -0.2) is 0 Å². The highest BCUT2D eigenvalue weighted by molar-refractivity contribution is 6.31. The van der Waals surface area contributed by atoms with Crippen LogP contribution in [0.25, 0.3) is 0 Å². The molecule has 0 amide bonds. The smallest absolute Gasteiger partial charge is 0.248 e. The second-order valence-electron chi connectivity index (χ2n) is 7.62. The average Bonchev–Trinajstić information content (AvgIpc) is 2.67. The third-order valence-electron chi connectivity index (χ3n) is 5.79. The van der Waals surface area contributed by atoms with Gasteiger partial charge >= 0.3 is 0 Å². The van der Waals surface area contributed by atoms with Gasteiger partial charge in [-0.15, -0.1) is 0 Å². The molecule has 2 aliphatic carbocycles. The normalized spacial score (nSPS) is 24.5. The van der Waals surface area contributed by atoms with Gasteiger partial charge in [0.15, 0.2) is 11.5 Å². The number of aromatic amines is 1. The monoisotopic (exact) mass is 410 g/mol. The first kappa shape index (κ1) is 19.5. The second kappa shape index (κ2) is 7.23. The maximum atomic E-state index is 11.9. The van der Waals surface area contributed by atoms with E-state index in [1.54, 1.807) is 24.4 Å². The molecule has 2 aromatic rings. The van der Waals surface area contributed by atoms with Crippen molar-refractivity contribution >= 4 is 17.8 Å². The van der Waals surface area contributed by atoms with Gasteiger partial charge in [-0.2, -0.15) is 0 Å². The van der Waals surface area contributed by atoms with Crippen molar-refractivity contribution in [3.05, 3.63) is 79.8 Å². The number of allylic oxidation sites excluding steroid dienone is 2. The number of fused-ring (bicyclic) bond motifs is 4. The predicted octanol–water partition coefficient (Wildman–Crippen LogP) is 4.53. The van der Waals surface area contributed by atoms with Crippen LogP contribution >= 0.6 is 11.6 Å². The lowest BCUT2D eigenvalue weighted by atomic mass is 9.63. The van der Waals surface area contributed by atoms with Gasteiger partial charge in [0.1, 0.15) is 5.54 Å². The van der Waals surface area contributed by atoms with Crippen molar-refractivity contribution in [2.75, 3.05) is 7.11 Å². The highest BCUT2D eigenvalue weighted by Gasteiger charge is 2.46. The number of nitrogens with one attached hydrogen (secondary N) is 1. The number of aliphatic imine (C=N–C) groups is 1. The average molecular weight is 411 g/mol. The molecule has 4 rings (SSSR count). The maximum absolute atomic E-state index is 11.9. The van der Waals surface area contributed by atoms with E-state index in [4.69, 9.17) is 21.3 Å². The molecule has 2 N–H and O–H groups in total. The van der Waals surface area contributed by atoms with Crippen LogP contribution in [0.3, 0.4) is 0 Å². The van der Waals surface area contributed by atoms with E-state index in [0.29, 0.717) is 22.8 Å². The topological polar surface area (TPSA) is 74.7 Å². The fourth-order valence-electron chi connectivity index (χ4n) is 4.68. The first-order valence-electron chi connectivity index (χ1n) is 9.56. The lowest BCUT2D eigenvalue weighted by Crippen LogP contribution is -2.40. The number of halogens is 1. The van der Waals surface area contributed by atoms with Gasteiger partial charge < -0.3 is 14.8 Å². The molecule has 29 heavy (non-hydrogen) atoms. The fraction of sp³-hybridized carbons (Fsp3) is 0.304. The number of methoxy groups -OCH3 is 1. The van der Waals surface area contributed by atoms with Crippen molar-refractivity contribution in [3.63, 3.8) is 0 Å². The largest absolute Gasteiger partial charge is 0.504 e. The van der Waals surface area contributed by atoms with Gasteiger partial charge in [-0.05, 0) is 38.0 Å². The van der Waals surface area contributed by atoms with E-state index in [1.165, 1.54) is 18.3 Å². The van der Waals surface area contributed by atoms with Crippen LogP contribution in [0.15, 0.2) is 57.4 Å². The number of benzene rings is 1. The highest BCUT2D eigenvalue weighted by atomic mass is 35.5. The summed E-state index contributed by atoms with van der Waals surface area (Å²) in [6, 6.07) is 6.65. The van der Waals surface area contributed by atoms with E-state index in [0.717, 1.165) is 17.7 Å². The summed E-state index contributed by atoms with van der Waals surface area (Å²) >= 11 is 6.19. The lowest BCUT2D eigenvalue weighted by Gasteiger charge is -2.45. The number of ether oxygens (including phenoxy) is 1. The summed E-state index contributed by atoms with van der Waals surface area (Å²) in [5, 5.41) is 11.0. The second-order valence-corrected chi connectivity index (χ2v) is 8.06. The number of aromatic hydroxyl groups is 1. The van der Waals surface area contributed by atoms with E-state index in [9.17, 15) is 9.90 Å². The minimum Gasteiger partial charge on any atom is -0.504 e. The van der Waals surface area contributed by atoms with Crippen LogP contribution in [-0.4, -0.2) is 23.4 Å². The quantitative estimate of drug-likeness (QED) is 0.576. The van der Waals surface area contributed by atoms with Crippen molar-refractivity contribution in [3.8, 4) is 11.5 Å². The number of rotatable bonds is 3. The Morgan fingerprint density at radius 3 is 2.90 bits per heavy atom. The lowest BCUT2D eigenvalue weighted by molar-refractivity contribution is 0.373. The molecule has 6 heteroatoms. The summed E-state index contributed by atoms with van der Waals surface area (Å²) < 4.78 is 5.21. The molecule has 1 heterocycles. The van der Waals surface area contributed by atoms with Crippen LogP contribution in [0.5, 0.6) is 11.5 Å². The molecule has 0 saturated carbocycles. The number of H-pyrrole nitrogens is 1. The minimum atomic E-state index is -0.627.